The summed E-state index contributed by atoms with van der Waals surface area (Å²) < 4.78 is 0. The van der Waals surface area contributed by atoms with E-state index in [1.165, 1.54) is 12.1 Å². The molecule has 0 spiro atoms. The summed E-state index contributed by atoms with van der Waals surface area (Å²) in [5.41, 5.74) is 7.85. The summed E-state index contributed by atoms with van der Waals surface area (Å²) in [4.78, 5) is 15.8. The van der Waals surface area contributed by atoms with Crippen molar-refractivity contribution < 1.29 is 15.0 Å². The van der Waals surface area contributed by atoms with Crippen LogP contribution in [0, 0.1) is 11.3 Å². The Morgan fingerprint density at radius 1 is 1.08 bits per heavy atom. The average Bonchev–Trinajstić information content (AvgIpc) is 2.61. The number of phenolic OH excluding ortho intramolecular Hbond substituents is 1. The third-order valence-electron chi connectivity index (χ3n) is 3.80. The molecule has 1 heterocycles. The molecule has 0 saturated carbocycles. The van der Waals surface area contributed by atoms with Gasteiger partial charge in [-0.05, 0) is 24.3 Å². The molecule has 122 valence electrons. The van der Waals surface area contributed by atoms with Crippen LogP contribution in [0.3, 0.4) is 0 Å². The van der Waals surface area contributed by atoms with Gasteiger partial charge in [-0.15, -0.1) is 0 Å². The number of carbonyl (C=O) groups is 1. The van der Waals surface area contributed by atoms with Crippen LogP contribution in [0.2, 0.25) is 0 Å². The van der Waals surface area contributed by atoms with E-state index in [0.717, 1.165) is 0 Å². The minimum atomic E-state index is -0.862. The van der Waals surface area contributed by atoms with Crippen molar-refractivity contribution in [3.8, 4) is 34.2 Å². The topological polar surface area (TPSA) is 123 Å². The Hall–Kier alpha value is -3.85. The fourth-order valence-corrected chi connectivity index (χ4v) is 2.64. The lowest BCUT2D eigenvalue weighted by molar-refractivity contribution is 0.0697. The molecule has 2 aromatic carbocycles. The first-order valence-electron chi connectivity index (χ1n) is 7.37. The fourth-order valence-electron chi connectivity index (χ4n) is 2.64. The van der Waals surface area contributed by atoms with Crippen molar-refractivity contribution >= 4 is 11.8 Å². The Bertz CT molecular complexity index is 1020. The monoisotopic (exact) mass is 332 g/mol. The Kier molecular flexibility index (Phi) is 4.06. The van der Waals surface area contributed by atoms with Crippen molar-refractivity contribution in [2.45, 2.75) is 0 Å². The van der Waals surface area contributed by atoms with E-state index >= 15 is 0 Å². The molecule has 25 heavy (non-hydrogen) atoms. The van der Waals surface area contributed by atoms with Gasteiger partial charge < -0.3 is 15.9 Å². The largest absolute Gasteiger partial charge is 0.561 e. The molecule has 3 rings (SSSR count). The van der Waals surface area contributed by atoms with E-state index < -0.39 is 5.97 Å². The Morgan fingerprint density at radius 2 is 1.72 bits per heavy atom. The average molecular weight is 332 g/mol. The van der Waals surface area contributed by atoms with Gasteiger partial charge in [-0.2, -0.15) is 5.26 Å². The molecule has 0 amide bonds. The van der Waals surface area contributed by atoms with Crippen LogP contribution >= 0.6 is 0 Å². The number of nitriles is 1. The van der Waals surface area contributed by atoms with E-state index in [2.05, 4.69) is 4.98 Å². The molecular weight excluding hydrogens is 318 g/mol. The summed E-state index contributed by atoms with van der Waals surface area (Å²) >= 11 is 0. The zero-order valence-corrected chi connectivity index (χ0v) is 13.0. The number of para-hydroxylation sites is 1. The molecule has 0 aliphatic heterocycles. The van der Waals surface area contributed by atoms with Gasteiger partial charge in [0.25, 0.3) is 0 Å². The lowest BCUT2D eigenvalue weighted by Gasteiger charge is -2.12. The number of nitrogens with zero attached hydrogens (tertiary/aromatic N) is 2. The van der Waals surface area contributed by atoms with Crippen molar-refractivity contribution in [2.75, 3.05) is 5.73 Å². The highest BCUT2D eigenvalue weighted by Crippen LogP contribution is 2.35. The maximum Gasteiger partial charge on any atom is 0.549 e. The van der Waals surface area contributed by atoms with E-state index in [9.17, 15) is 15.2 Å². The molecule has 0 bridgehead atoms. The minimum absolute atomic E-state index is 0.00881. The number of pyridine rings is 1. The molecule has 0 saturated heterocycles. The third-order valence-corrected chi connectivity index (χ3v) is 3.80. The molecule has 0 unspecified atom stereocenters. The number of rotatable bonds is 3. The molecule has 5 N–H and O–H groups in total. The maximum atomic E-state index is 11.6. The van der Waals surface area contributed by atoms with E-state index in [1.54, 1.807) is 42.5 Å². The number of anilines is 1. The van der Waals surface area contributed by atoms with Crippen LogP contribution in [-0.4, -0.2) is 21.2 Å². The van der Waals surface area contributed by atoms with Gasteiger partial charge in [-0.1, -0.05) is 30.3 Å². The predicted molar refractivity (Wildman–Crippen MR) is 93.8 cm³/mol. The van der Waals surface area contributed by atoms with Crippen LogP contribution in [0.4, 0.5) is 5.82 Å². The summed E-state index contributed by atoms with van der Waals surface area (Å²) in [7, 11) is 0. The number of nitrogen functional groups attached to an aromatic ring is 1. The van der Waals surface area contributed by atoms with Crippen LogP contribution in [0.5, 0.6) is 5.75 Å². The van der Waals surface area contributed by atoms with Crippen LogP contribution < -0.4 is 5.73 Å². The van der Waals surface area contributed by atoms with E-state index in [0.29, 0.717) is 22.4 Å². The first-order valence-corrected chi connectivity index (χ1v) is 7.37. The van der Waals surface area contributed by atoms with Crippen molar-refractivity contribution in [3.63, 3.8) is 0 Å². The van der Waals surface area contributed by atoms with Gasteiger partial charge in [0, 0.05) is 21.5 Å². The highest BCUT2D eigenvalue weighted by atomic mass is 16.4. The number of nitrogens with two attached hydrogens (primary N) is 1. The molecule has 0 aliphatic carbocycles. The molecule has 3 aromatic rings. The molecular formula is C19H14N3O3+. The summed E-state index contributed by atoms with van der Waals surface area (Å²) in [5.74, 6) is -0.848. The lowest BCUT2D eigenvalue weighted by atomic mass is 9.94. The number of phenols is 1. The van der Waals surface area contributed by atoms with Gasteiger partial charge in [0.15, 0.2) is 0 Å². The molecule has 0 fully saturated rings. The van der Waals surface area contributed by atoms with Crippen molar-refractivity contribution in [1.82, 2.24) is 4.98 Å². The predicted octanol–water partition coefficient (Wildman–Crippen LogP) is 2.44. The molecule has 0 atom stereocenters. The van der Waals surface area contributed by atoms with Crippen LogP contribution in [0.1, 0.15) is 15.9 Å². The van der Waals surface area contributed by atoms with Gasteiger partial charge in [-0.3, -0.25) is 0 Å². The number of aromatic nitrogens is 1. The van der Waals surface area contributed by atoms with Crippen molar-refractivity contribution in [3.05, 3.63) is 65.7 Å². The molecule has 6 heteroatoms. The normalized spacial score (nSPS) is 10.2. The van der Waals surface area contributed by atoms with E-state index in [4.69, 9.17) is 10.8 Å². The van der Waals surface area contributed by atoms with E-state index in [-0.39, 0.29) is 22.7 Å². The zero-order chi connectivity index (χ0) is 18.0. The Morgan fingerprint density at radius 3 is 2.36 bits per heavy atom. The summed E-state index contributed by atoms with van der Waals surface area (Å²) in [6.45, 7) is 0. The first-order chi connectivity index (χ1) is 12.0. The number of hydrogen-bond acceptors (Lipinski definition) is 5. The van der Waals surface area contributed by atoms with E-state index in [1.807, 2.05) is 6.07 Å². The molecule has 1 aromatic heterocycles. The smallest absolute Gasteiger partial charge is 0.549 e. The zero-order valence-electron chi connectivity index (χ0n) is 13.0. The number of hydrogen-bond donors (Lipinski definition) is 2. The fraction of sp³-hybridized carbons (Fsp3) is 0. The second kappa shape index (κ2) is 6.34. The summed E-state index contributed by atoms with van der Waals surface area (Å²) in [6, 6.07) is 16.7. The number of aromatic hydroxyl groups is 1. The van der Waals surface area contributed by atoms with Gasteiger partial charge in [0.05, 0.1) is 5.69 Å². The molecule has 0 aliphatic rings. The first kappa shape index (κ1) is 16.0. The summed E-state index contributed by atoms with van der Waals surface area (Å²) in [5, 5.41) is 26.9. The third kappa shape index (κ3) is 2.86. The van der Waals surface area contributed by atoms with Gasteiger partial charge >= 0.3 is 5.97 Å². The highest BCUT2D eigenvalue weighted by molar-refractivity contribution is 5.98. The van der Waals surface area contributed by atoms with Crippen molar-refractivity contribution in [2.24, 2.45) is 0 Å². The quantitative estimate of drug-likeness (QED) is 0.713. The van der Waals surface area contributed by atoms with Gasteiger partial charge in [0.1, 0.15) is 28.8 Å². The Balaban J connectivity index is 2.33. The Labute approximate surface area is 143 Å². The van der Waals surface area contributed by atoms with Crippen molar-refractivity contribution in [1.29, 1.82) is 5.26 Å². The molecule has 6 nitrogen and oxygen atoms in total. The van der Waals surface area contributed by atoms with Crippen LogP contribution in [-0.2, 0) is 0 Å². The highest BCUT2D eigenvalue weighted by Gasteiger charge is 2.22. The maximum absolute atomic E-state index is 11.6. The van der Waals surface area contributed by atoms with Gasteiger partial charge in [0.2, 0.25) is 0 Å². The summed E-state index contributed by atoms with van der Waals surface area (Å²) in [6.07, 6.45) is 0. The number of benzene rings is 2. The lowest BCUT2D eigenvalue weighted by Crippen LogP contribution is -2.04. The van der Waals surface area contributed by atoms with Gasteiger partial charge in [-0.25, -0.2) is 4.98 Å². The second-order valence-corrected chi connectivity index (χ2v) is 5.32. The molecule has 0 radical (unpaired) electrons. The van der Waals surface area contributed by atoms with Crippen LogP contribution in [0.25, 0.3) is 22.4 Å². The standard InChI is InChI=1S/C19H13N3O3/c20-10-15-14(11-5-1-2-6-12(11)19(24)25)9-16(22-18(15)21)13-7-3-4-8-17(13)23/h1-9,23H,(H2,21,22)(H,24,25)/p+1. The minimum Gasteiger partial charge on any atom is -0.561 e. The SMILES string of the molecule is N#Cc1c(-c2ccccc2C(=O)[OH2+])cc(-c2ccccc2O)nc1N. The van der Waals surface area contributed by atoms with Crippen LogP contribution in [0.15, 0.2) is 54.6 Å². The number of carbonyl (C=O) groups excluding carboxylic acids is 1. The second-order valence-electron chi connectivity index (χ2n) is 5.32.